The molecule has 0 aliphatic rings. The van der Waals surface area contributed by atoms with Crippen LogP contribution in [0.1, 0.15) is 94.9 Å². The number of hydrogen-bond acceptors (Lipinski definition) is 8. The van der Waals surface area contributed by atoms with Gasteiger partial charge in [-0.25, -0.2) is 0 Å². The van der Waals surface area contributed by atoms with Gasteiger partial charge in [0.1, 0.15) is 18.4 Å². The van der Waals surface area contributed by atoms with Crippen molar-refractivity contribution in [2.24, 2.45) is 0 Å². The average Bonchev–Trinajstić information content (AvgIpc) is 2.75. The van der Waals surface area contributed by atoms with Crippen molar-refractivity contribution in [2.45, 2.75) is 135 Å². The molecule has 0 saturated heterocycles. The minimum absolute atomic E-state index is 0.0593. The Labute approximate surface area is 221 Å². The lowest BCUT2D eigenvalue weighted by molar-refractivity contribution is -0.193. The molecule has 0 aromatic rings. The summed E-state index contributed by atoms with van der Waals surface area (Å²) in [7, 11) is -3.44. The smallest absolute Gasteiger partial charge is 0.376 e. The molecule has 10 heteroatoms. The van der Waals surface area contributed by atoms with Crippen LogP contribution in [-0.2, 0) is 23.3 Å². The molecule has 0 spiro atoms. The summed E-state index contributed by atoms with van der Waals surface area (Å²) >= 11 is 0. The van der Waals surface area contributed by atoms with Crippen LogP contribution in [0.3, 0.4) is 0 Å². The van der Waals surface area contributed by atoms with Crippen molar-refractivity contribution in [1.29, 1.82) is 0 Å². The van der Waals surface area contributed by atoms with Gasteiger partial charge in [0, 0.05) is 6.92 Å². The lowest BCUT2D eigenvalue weighted by Gasteiger charge is -2.37. The average molecular weight is 557 g/mol. The van der Waals surface area contributed by atoms with E-state index in [0.29, 0.717) is 25.4 Å². The number of rotatable bonds is 18. The van der Waals surface area contributed by atoms with Crippen LogP contribution < -0.4 is 0 Å². The Morgan fingerprint density at radius 2 is 1.25 bits per heavy atom. The topological polar surface area (TPSA) is 123 Å². The van der Waals surface area contributed by atoms with Crippen LogP contribution in [0.4, 0.5) is 0 Å². The van der Waals surface area contributed by atoms with E-state index in [4.69, 9.17) is 19.3 Å². The zero-order valence-electron chi connectivity index (χ0n) is 24.4. The summed E-state index contributed by atoms with van der Waals surface area (Å²) in [6, 6.07) is 0. The molecule has 0 radical (unpaired) electrons. The zero-order valence-corrected chi connectivity index (χ0v) is 26.2. The molecule has 0 aliphatic heterocycles. The molecule has 6 unspecified atom stereocenters. The highest BCUT2D eigenvalue weighted by Crippen LogP contribution is 2.47. The summed E-state index contributed by atoms with van der Waals surface area (Å²) in [4.78, 5) is 0. The molecular weight excluding hydrogens is 502 g/mol. The quantitative estimate of drug-likeness (QED) is 0.151. The molecule has 0 aliphatic carbocycles. The molecule has 0 heterocycles. The van der Waals surface area contributed by atoms with Gasteiger partial charge < -0.3 is 29.5 Å². The highest BCUT2D eigenvalue weighted by atomic mass is 31.1. The lowest BCUT2D eigenvalue weighted by atomic mass is 10.1. The lowest BCUT2D eigenvalue weighted by Crippen LogP contribution is -2.53. The second kappa shape index (κ2) is 15.5. The van der Waals surface area contributed by atoms with Gasteiger partial charge in [0.25, 0.3) is 5.34 Å². The molecule has 214 valence electrons. The third-order valence-corrected chi connectivity index (χ3v) is 9.99. The molecule has 0 aromatic carbocycles. The SMILES string of the molecule is CC(CO)OCC(C)(C)[P+](=O)CCCCCC[P+](=O)C(C)(OC(C)(C)C)C(O)C(CO)OC(C)(C)C. The number of aliphatic hydroxyl groups excluding tert-OH is 3. The fourth-order valence-electron chi connectivity index (χ4n) is 3.74. The van der Waals surface area contributed by atoms with E-state index in [-0.39, 0.29) is 12.7 Å². The number of unbranched alkanes of at least 4 members (excludes halogenated alkanes) is 3. The largest absolute Gasteiger partial charge is 0.394 e. The zero-order chi connectivity index (χ0) is 28.4. The maximum atomic E-state index is 13.4. The maximum Gasteiger partial charge on any atom is 0.376 e. The van der Waals surface area contributed by atoms with Gasteiger partial charge >= 0.3 is 15.6 Å². The van der Waals surface area contributed by atoms with Gasteiger partial charge in [-0.05, 0) is 88.0 Å². The van der Waals surface area contributed by atoms with Gasteiger partial charge in [0.2, 0.25) is 0 Å². The summed E-state index contributed by atoms with van der Waals surface area (Å²) in [5.74, 6) is 0. The van der Waals surface area contributed by atoms with Crippen molar-refractivity contribution >= 4 is 15.6 Å². The van der Waals surface area contributed by atoms with Gasteiger partial charge in [0.05, 0.1) is 37.1 Å². The number of hydrogen-bond donors (Lipinski definition) is 3. The molecule has 0 fully saturated rings. The molecule has 0 rings (SSSR count). The third kappa shape index (κ3) is 13.7. The Hall–Kier alpha value is -0.0400. The van der Waals surface area contributed by atoms with Crippen molar-refractivity contribution in [3.63, 3.8) is 0 Å². The minimum Gasteiger partial charge on any atom is -0.394 e. The molecule has 6 atom stereocenters. The number of aliphatic hydroxyl groups is 3. The molecule has 36 heavy (non-hydrogen) atoms. The Kier molecular flexibility index (Phi) is 15.5. The molecule has 0 bridgehead atoms. The summed E-state index contributed by atoms with van der Waals surface area (Å²) in [6.45, 7) is 18.2. The van der Waals surface area contributed by atoms with Gasteiger partial charge in [-0.2, -0.15) is 0 Å². The minimum atomic E-state index is -1.98. The van der Waals surface area contributed by atoms with Gasteiger partial charge in [-0.15, -0.1) is 0 Å². The normalized spacial score (nSPS) is 18.4. The van der Waals surface area contributed by atoms with E-state index in [1.807, 2.05) is 55.4 Å². The second-order valence-corrected chi connectivity index (χ2v) is 16.9. The van der Waals surface area contributed by atoms with Crippen molar-refractivity contribution in [3.8, 4) is 0 Å². The van der Waals surface area contributed by atoms with Crippen LogP contribution in [0.5, 0.6) is 0 Å². The van der Waals surface area contributed by atoms with Crippen LogP contribution in [0, 0.1) is 0 Å². The van der Waals surface area contributed by atoms with Crippen LogP contribution >= 0.6 is 15.6 Å². The van der Waals surface area contributed by atoms with E-state index < -0.39 is 56.1 Å². The first kappa shape index (κ1) is 36.0. The summed E-state index contributed by atoms with van der Waals surface area (Å²) in [6.07, 6.45) is 1.67. The van der Waals surface area contributed by atoms with E-state index >= 15 is 0 Å². The molecule has 8 nitrogen and oxygen atoms in total. The maximum absolute atomic E-state index is 13.4. The van der Waals surface area contributed by atoms with Crippen molar-refractivity contribution in [2.75, 3.05) is 32.1 Å². The first-order chi connectivity index (χ1) is 16.3. The summed E-state index contributed by atoms with van der Waals surface area (Å²) in [5, 5.41) is 28.3. The Morgan fingerprint density at radius 1 is 0.750 bits per heavy atom. The van der Waals surface area contributed by atoms with Crippen LogP contribution in [0.25, 0.3) is 0 Å². The predicted octanol–water partition coefficient (Wildman–Crippen LogP) is 5.45. The van der Waals surface area contributed by atoms with Gasteiger partial charge in [-0.3, -0.25) is 0 Å². The predicted molar refractivity (Wildman–Crippen MR) is 147 cm³/mol. The Morgan fingerprint density at radius 3 is 1.67 bits per heavy atom. The first-order valence-electron chi connectivity index (χ1n) is 13.1. The van der Waals surface area contributed by atoms with Crippen molar-refractivity contribution in [1.82, 2.24) is 0 Å². The third-order valence-electron chi connectivity index (χ3n) is 5.72. The molecule has 3 N–H and O–H groups in total. The van der Waals surface area contributed by atoms with Crippen LogP contribution in [0.15, 0.2) is 0 Å². The van der Waals surface area contributed by atoms with E-state index in [0.717, 1.165) is 19.3 Å². The molecule has 0 amide bonds. The van der Waals surface area contributed by atoms with Crippen LogP contribution in [-0.4, -0.2) is 87.5 Å². The van der Waals surface area contributed by atoms with E-state index in [9.17, 15) is 19.3 Å². The Bertz CT molecular complexity index is 672. The second-order valence-electron chi connectivity index (χ2n) is 12.4. The number of ether oxygens (including phenoxy) is 3. The van der Waals surface area contributed by atoms with Crippen molar-refractivity contribution < 1.29 is 38.7 Å². The summed E-state index contributed by atoms with van der Waals surface area (Å²) in [5.41, 5.74) is -1.25. The van der Waals surface area contributed by atoms with Gasteiger partial charge in [-0.1, -0.05) is 9.13 Å². The highest BCUT2D eigenvalue weighted by molar-refractivity contribution is 7.46. The molecule has 0 aromatic heterocycles. The fraction of sp³-hybridized carbons (Fsp3) is 1.00. The molecule has 0 saturated carbocycles. The highest BCUT2D eigenvalue weighted by Gasteiger charge is 2.56. The van der Waals surface area contributed by atoms with E-state index in [1.54, 1.807) is 13.8 Å². The summed E-state index contributed by atoms with van der Waals surface area (Å²) < 4.78 is 43.7. The fourth-order valence-corrected chi connectivity index (χ4v) is 6.87. The standard InChI is InChI=1S/C26H54O8P2/c1-20(17-27)32-19-25(8,9)35(30)15-13-11-12-14-16-36(31)26(10,34-24(5,6)7)22(29)21(18-28)33-23(2,3)4/h20-22,27-29H,11-19H2,1-10H3/q+2. The van der Waals surface area contributed by atoms with E-state index in [2.05, 4.69) is 0 Å². The van der Waals surface area contributed by atoms with Crippen LogP contribution in [0.2, 0.25) is 0 Å². The monoisotopic (exact) mass is 556 g/mol. The van der Waals surface area contributed by atoms with Crippen molar-refractivity contribution in [3.05, 3.63) is 0 Å². The van der Waals surface area contributed by atoms with Gasteiger partial charge in [0.15, 0.2) is 11.3 Å². The first-order valence-corrected chi connectivity index (χ1v) is 16.0. The Balaban J connectivity index is 4.91. The molecular formula is C26H54O8P2+2. The van der Waals surface area contributed by atoms with E-state index in [1.165, 1.54) is 0 Å².